The van der Waals surface area contributed by atoms with Crippen molar-refractivity contribution in [3.05, 3.63) is 23.9 Å². The van der Waals surface area contributed by atoms with Crippen LogP contribution in [0, 0.1) is 0 Å². The molecule has 0 saturated carbocycles. The molecule has 0 fully saturated rings. The maximum absolute atomic E-state index is 12.1. The summed E-state index contributed by atoms with van der Waals surface area (Å²) < 4.78 is 26.9. The molecule has 9 heteroatoms. The van der Waals surface area contributed by atoms with E-state index in [4.69, 9.17) is 0 Å². The Kier molecular flexibility index (Phi) is 5.94. The van der Waals surface area contributed by atoms with Crippen LogP contribution in [0.5, 0.6) is 0 Å². The summed E-state index contributed by atoms with van der Waals surface area (Å²) in [6, 6.07) is 0.131. The first-order valence-corrected chi connectivity index (χ1v) is 7.97. The molecule has 2 heterocycles. The first-order valence-electron chi connectivity index (χ1n) is 6.36. The lowest BCUT2D eigenvalue weighted by molar-refractivity contribution is -0.117. The predicted molar refractivity (Wildman–Crippen MR) is 83.9 cm³/mol. The van der Waals surface area contributed by atoms with Gasteiger partial charge in [0.05, 0.1) is 11.3 Å². The highest BCUT2D eigenvalue weighted by Crippen LogP contribution is 2.17. The number of hydrogen-bond acceptors (Lipinski definition) is 5. The standard InChI is InChI=1S/C12H18N4O3S.ClH/c1-9(13-2)8-14-12(17)10-4-3-5-16-6-7-20(18,19)15-11(10)16;/h3-5,9,13H,6-8H2,1-2H3,(H,14,17);1H. The van der Waals surface area contributed by atoms with Crippen LogP contribution in [-0.2, 0) is 14.8 Å². The van der Waals surface area contributed by atoms with Crippen LogP contribution in [0.15, 0.2) is 28.3 Å². The summed E-state index contributed by atoms with van der Waals surface area (Å²) in [5.41, 5.74) is 0.277. The summed E-state index contributed by atoms with van der Waals surface area (Å²) in [6.45, 7) is 2.70. The molecular formula is C12H19ClN4O3S. The van der Waals surface area contributed by atoms with Crippen LogP contribution >= 0.6 is 12.4 Å². The Bertz CT molecular complexity index is 598. The minimum Gasteiger partial charge on any atom is -0.350 e. The Morgan fingerprint density at radius 1 is 1.52 bits per heavy atom. The fourth-order valence-electron chi connectivity index (χ4n) is 1.84. The van der Waals surface area contributed by atoms with E-state index in [2.05, 4.69) is 15.0 Å². The van der Waals surface area contributed by atoms with Gasteiger partial charge >= 0.3 is 0 Å². The third kappa shape index (κ3) is 4.29. The highest BCUT2D eigenvalue weighted by atomic mass is 35.5. The number of nitrogens with one attached hydrogen (secondary N) is 2. The van der Waals surface area contributed by atoms with Gasteiger partial charge in [-0.25, -0.2) is 8.42 Å². The molecule has 0 bridgehead atoms. The van der Waals surface area contributed by atoms with Gasteiger partial charge in [0, 0.05) is 25.3 Å². The molecule has 2 aliphatic rings. The van der Waals surface area contributed by atoms with Crippen LogP contribution in [0.4, 0.5) is 0 Å². The van der Waals surface area contributed by atoms with E-state index in [1.807, 2.05) is 6.92 Å². The Balaban J connectivity index is 0.00000220. The van der Waals surface area contributed by atoms with Gasteiger partial charge in [-0.05, 0) is 26.1 Å². The number of amidine groups is 1. The number of hydrogen-bond donors (Lipinski definition) is 2. The molecule has 1 amide bonds. The molecule has 2 N–H and O–H groups in total. The Labute approximate surface area is 130 Å². The summed E-state index contributed by atoms with van der Waals surface area (Å²) in [4.78, 5) is 13.8. The zero-order valence-electron chi connectivity index (χ0n) is 11.9. The number of amides is 1. The van der Waals surface area contributed by atoms with Crippen molar-refractivity contribution in [1.29, 1.82) is 0 Å². The van der Waals surface area contributed by atoms with Gasteiger partial charge in [0.2, 0.25) is 0 Å². The van der Waals surface area contributed by atoms with E-state index in [9.17, 15) is 13.2 Å². The van der Waals surface area contributed by atoms with Crippen LogP contribution < -0.4 is 10.6 Å². The second-order valence-electron chi connectivity index (χ2n) is 4.72. The summed E-state index contributed by atoms with van der Waals surface area (Å²) in [6.07, 6.45) is 5.02. The van der Waals surface area contributed by atoms with E-state index < -0.39 is 10.0 Å². The first kappa shape index (κ1) is 17.7. The van der Waals surface area contributed by atoms with E-state index in [1.165, 1.54) is 0 Å². The second-order valence-corrected chi connectivity index (χ2v) is 6.47. The van der Waals surface area contributed by atoms with Gasteiger partial charge < -0.3 is 15.5 Å². The van der Waals surface area contributed by atoms with Gasteiger partial charge in [0.1, 0.15) is 0 Å². The van der Waals surface area contributed by atoms with Gasteiger partial charge in [-0.3, -0.25) is 4.79 Å². The van der Waals surface area contributed by atoms with Crippen LogP contribution in [0.3, 0.4) is 0 Å². The van der Waals surface area contributed by atoms with Gasteiger partial charge in [0.15, 0.2) is 5.84 Å². The predicted octanol–water partition coefficient (Wildman–Crippen LogP) is -0.370. The smallest absolute Gasteiger partial charge is 0.256 e. The molecule has 2 rings (SSSR count). The molecule has 2 aliphatic heterocycles. The molecule has 0 aromatic carbocycles. The Morgan fingerprint density at radius 2 is 2.24 bits per heavy atom. The maximum Gasteiger partial charge on any atom is 0.256 e. The van der Waals surface area contributed by atoms with Crippen LogP contribution in [-0.4, -0.2) is 57.0 Å². The summed E-state index contributed by atoms with van der Waals surface area (Å²) in [7, 11) is -1.67. The van der Waals surface area contributed by atoms with E-state index >= 15 is 0 Å². The topological polar surface area (TPSA) is 90.9 Å². The molecule has 0 aromatic heterocycles. The summed E-state index contributed by atoms with van der Waals surface area (Å²) in [5, 5.41) is 5.77. The second kappa shape index (κ2) is 7.06. The molecule has 0 aliphatic carbocycles. The number of rotatable bonds is 4. The van der Waals surface area contributed by atoms with Gasteiger partial charge in [-0.15, -0.1) is 16.8 Å². The zero-order chi connectivity index (χ0) is 14.8. The van der Waals surface area contributed by atoms with Crippen molar-refractivity contribution >= 4 is 34.2 Å². The largest absolute Gasteiger partial charge is 0.350 e. The van der Waals surface area contributed by atoms with Gasteiger partial charge in [-0.1, -0.05) is 0 Å². The molecule has 0 radical (unpaired) electrons. The van der Waals surface area contributed by atoms with E-state index in [0.29, 0.717) is 13.1 Å². The van der Waals surface area contributed by atoms with Gasteiger partial charge in [0.25, 0.3) is 15.9 Å². The summed E-state index contributed by atoms with van der Waals surface area (Å²) in [5.74, 6) is -0.155. The van der Waals surface area contributed by atoms with Crippen LogP contribution in [0.25, 0.3) is 0 Å². The molecule has 7 nitrogen and oxygen atoms in total. The lowest BCUT2D eigenvalue weighted by Crippen LogP contribution is -2.44. The fourth-order valence-corrected chi connectivity index (χ4v) is 2.82. The minimum absolute atomic E-state index is 0. The lowest BCUT2D eigenvalue weighted by Gasteiger charge is -2.28. The average molecular weight is 335 g/mol. The molecule has 0 aromatic rings. The van der Waals surface area contributed by atoms with E-state index in [0.717, 1.165) is 0 Å². The number of allylic oxidation sites excluding steroid dienone is 2. The fraction of sp³-hybridized carbons (Fsp3) is 0.500. The van der Waals surface area contributed by atoms with Crippen molar-refractivity contribution < 1.29 is 13.2 Å². The SMILES string of the molecule is CNC(C)CNC(=O)C1=CC=CN2CCS(=O)(=O)N=C12.Cl. The van der Waals surface area contributed by atoms with Crippen LogP contribution in [0.2, 0.25) is 0 Å². The van der Waals surface area contributed by atoms with E-state index in [-0.39, 0.29) is 41.5 Å². The zero-order valence-corrected chi connectivity index (χ0v) is 13.5. The lowest BCUT2D eigenvalue weighted by atomic mass is 10.1. The minimum atomic E-state index is -3.48. The maximum atomic E-state index is 12.1. The molecule has 1 unspecified atom stereocenters. The molecule has 0 spiro atoms. The Hall–Kier alpha value is -1.38. The van der Waals surface area contributed by atoms with Crippen molar-refractivity contribution in [2.75, 3.05) is 25.9 Å². The molecule has 21 heavy (non-hydrogen) atoms. The monoisotopic (exact) mass is 334 g/mol. The highest BCUT2D eigenvalue weighted by Gasteiger charge is 2.29. The highest BCUT2D eigenvalue weighted by molar-refractivity contribution is 7.90. The average Bonchev–Trinajstić information content (AvgIpc) is 2.42. The number of likely N-dealkylation sites (N-methyl/N-ethyl adjacent to an activating group) is 1. The Morgan fingerprint density at radius 3 is 2.90 bits per heavy atom. The number of fused-ring (bicyclic) bond motifs is 1. The molecule has 1 atom stereocenters. The summed E-state index contributed by atoms with van der Waals surface area (Å²) >= 11 is 0. The van der Waals surface area contributed by atoms with Crippen molar-refractivity contribution in [1.82, 2.24) is 15.5 Å². The third-order valence-corrected chi connectivity index (χ3v) is 4.31. The van der Waals surface area contributed by atoms with Crippen molar-refractivity contribution in [2.24, 2.45) is 4.40 Å². The van der Waals surface area contributed by atoms with E-state index in [1.54, 1.807) is 30.3 Å². The third-order valence-electron chi connectivity index (χ3n) is 3.16. The van der Waals surface area contributed by atoms with Crippen molar-refractivity contribution in [3.8, 4) is 0 Å². The van der Waals surface area contributed by atoms with Gasteiger partial charge in [-0.2, -0.15) is 0 Å². The van der Waals surface area contributed by atoms with Crippen molar-refractivity contribution in [2.45, 2.75) is 13.0 Å². The quantitative estimate of drug-likeness (QED) is 0.732. The number of nitrogens with zero attached hydrogens (tertiary/aromatic N) is 2. The number of carbonyl (C=O) groups is 1. The number of halogens is 1. The van der Waals surface area contributed by atoms with Crippen LogP contribution in [0.1, 0.15) is 6.92 Å². The molecular weight excluding hydrogens is 316 g/mol. The normalized spacial score (nSPS) is 20.6. The number of sulfonamides is 1. The van der Waals surface area contributed by atoms with Crippen molar-refractivity contribution in [3.63, 3.8) is 0 Å². The number of carbonyl (C=O) groups excluding carboxylic acids is 1. The molecule has 0 saturated heterocycles. The first-order chi connectivity index (χ1) is 9.43. The molecule has 118 valence electrons.